The highest BCUT2D eigenvalue weighted by Crippen LogP contribution is 2.30. The van der Waals surface area contributed by atoms with Crippen molar-refractivity contribution in [3.8, 4) is 0 Å². The van der Waals surface area contributed by atoms with Crippen molar-refractivity contribution in [1.29, 1.82) is 0 Å². The fraction of sp³-hybridized carbons (Fsp3) is 0.286. The molecule has 3 nitrogen and oxygen atoms in total. The zero-order valence-corrected chi connectivity index (χ0v) is 14.5. The summed E-state index contributed by atoms with van der Waals surface area (Å²) in [5.74, 6) is 1.84. The lowest BCUT2D eigenvalue weighted by molar-refractivity contribution is 0.365. The lowest BCUT2D eigenvalue weighted by atomic mass is 9.93. The van der Waals surface area contributed by atoms with Crippen LogP contribution in [0.3, 0.4) is 0 Å². The van der Waals surface area contributed by atoms with Gasteiger partial charge >= 0.3 is 0 Å². The molecule has 0 fully saturated rings. The maximum absolute atomic E-state index is 12.7. The van der Waals surface area contributed by atoms with Crippen molar-refractivity contribution in [2.45, 2.75) is 20.8 Å². The molecule has 1 heterocycles. The number of hydrogen-bond acceptors (Lipinski definition) is 3. The van der Waals surface area contributed by atoms with Crippen molar-refractivity contribution in [2.75, 3.05) is 7.11 Å². The fourth-order valence-electron chi connectivity index (χ4n) is 2.78. The Hall–Kier alpha value is -2.55. The molecule has 2 aliphatic carbocycles. The van der Waals surface area contributed by atoms with Crippen molar-refractivity contribution in [2.24, 2.45) is 11.3 Å². The van der Waals surface area contributed by atoms with Crippen LogP contribution in [0.5, 0.6) is 0 Å². The molecule has 1 aromatic heterocycles. The molecule has 0 aromatic carbocycles. The van der Waals surface area contributed by atoms with E-state index in [1.807, 2.05) is 43.4 Å². The lowest BCUT2D eigenvalue weighted by Crippen LogP contribution is -2.11. The fourth-order valence-corrected chi connectivity index (χ4v) is 2.78. The van der Waals surface area contributed by atoms with Crippen LogP contribution in [0.15, 0.2) is 57.8 Å². The van der Waals surface area contributed by atoms with Crippen LogP contribution < -0.4 is 5.43 Å². The molecular weight excluding hydrogens is 300 g/mol. The highest BCUT2D eigenvalue weighted by molar-refractivity contribution is 5.76. The minimum Gasteiger partial charge on any atom is -0.496 e. The van der Waals surface area contributed by atoms with E-state index in [1.165, 1.54) is 6.07 Å². The predicted octanol–water partition coefficient (Wildman–Crippen LogP) is 4.83. The van der Waals surface area contributed by atoms with Crippen LogP contribution in [0.2, 0.25) is 0 Å². The van der Waals surface area contributed by atoms with Gasteiger partial charge < -0.3 is 9.15 Å². The van der Waals surface area contributed by atoms with Gasteiger partial charge in [0.15, 0.2) is 5.43 Å². The molecular formula is C21H22O3. The maximum atomic E-state index is 12.7. The molecule has 1 unspecified atom stereocenters. The molecule has 0 amide bonds. The Morgan fingerprint density at radius 3 is 2.75 bits per heavy atom. The molecule has 0 N–H and O–H groups in total. The normalized spacial score (nSPS) is 21.4. The second-order valence-electron chi connectivity index (χ2n) is 6.80. The van der Waals surface area contributed by atoms with Gasteiger partial charge in [-0.05, 0) is 18.1 Å². The SMILES string of the molecule is COC1=CC(C)C=Cc2oc(C3=CC=CC(C)(C)C=C3)cc(=O)c21. The summed E-state index contributed by atoms with van der Waals surface area (Å²) >= 11 is 0. The number of fused-ring (bicyclic) bond motifs is 1. The van der Waals surface area contributed by atoms with E-state index in [9.17, 15) is 4.79 Å². The van der Waals surface area contributed by atoms with Crippen molar-refractivity contribution in [1.82, 2.24) is 0 Å². The summed E-state index contributed by atoms with van der Waals surface area (Å²) in [5.41, 5.74) is 1.24. The standard InChI is InChI=1S/C21H22O3/c1-14-7-8-17-20(19(12-14)23-4)16(22)13-18(24-17)15-6-5-10-21(2,3)11-9-15/h5-14H,1-4H3. The first kappa shape index (κ1) is 16.3. The van der Waals surface area contributed by atoms with Gasteiger partial charge in [-0.25, -0.2) is 0 Å². The third-order valence-electron chi connectivity index (χ3n) is 4.19. The molecule has 0 bridgehead atoms. The highest BCUT2D eigenvalue weighted by atomic mass is 16.5. The van der Waals surface area contributed by atoms with E-state index in [0.29, 0.717) is 22.8 Å². The Kier molecular flexibility index (Phi) is 4.18. The summed E-state index contributed by atoms with van der Waals surface area (Å²) in [6, 6.07) is 1.54. The minimum atomic E-state index is -0.0973. The summed E-state index contributed by atoms with van der Waals surface area (Å²) in [6.07, 6.45) is 16.0. The van der Waals surface area contributed by atoms with Crippen LogP contribution >= 0.6 is 0 Å². The molecule has 0 aliphatic heterocycles. The molecule has 1 atom stereocenters. The van der Waals surface area contributed by atoms with Gasteiger partial charge in [0.2, 0.25) is 0 Å². The minimum absolute atomic E-state index is 0.0223. The molecule has 0 radical (unpaired) electrons. The monoisotopic (exact) mass is 322 g/mol. The van der Waals surface area contributed by atoms with Crippen LogP contribution in [-0.2, 0) is 4.74 Å². The van der Waals surface area contributed by atoms with Crippen molar-refractivity contribution < 1.29 is 9.15 Å². The number of hydrogen-bond donors (Lipinski definition) is 0. The maximum Gasteiger partial charge on any atom is 0.197 e. The zero-order valence-electron chi connectivity index (χ0n) is 14.5. The number of allylic oxidation sites excluding steroid dienone is 8. The summed E-state index contributed by atoms with van der Waals surface area (Å²) in [6.45, 7) is 6.30. The largest absolute Gasteiger partial charge is 0.496 e. The predicted molar refractivity (Wildman–Crippen MR) is 98.2 cm³/mol. The van der Waals surface area contributed by atoms with Gasteiger partial charge in [0.05, 0.1) is 7.11 Å². The average molecular weight is 322 g/mol. The first-order valence-corrected chi connectivity index (χ1v) is 8.11. The smallest absolute Gasteiger partial charge is 0.197 e. The van der Waals surface area contributed by atoms with E-state index < -0.39 is 0 Å². The second-order valence-corrected chi connectivity index (χ2v) is 6.80. The average Bonchev–Trinajstić information content (AvgIpc) is 2.81. The van der Waals surface area contributed by atoms with Gasteiger partial charge in [-0.15, -0.1) is 0 Å². The number of rotatable bonds is 2. The van der Waals surface area contributed by atoms with Crippen molar-refractivity contribution in [3.05, 3.63) is 75.9 Å². The van der Waals surface area contributed by atoms with Gasteiger partial charge in [-0.2, -0.15) is 0 Å². The quantitative estimate of drug-likeness (QED) is 0.783. The summed E-state index contributed by atoms with van der Waals surface area (Å²) in [5, 5.41) is 0. The van der Waals surface area contributed by atoms with Crippen LogP contribution in [0.25, 0.3) is 17.4 Å². The third kappa shape index (κ3) is 3.21. The molecule has 0 saturated heterocycles. The van der Waals surface area contributed by atoms with Crippen molar-refractivity contribution in [3.63, 3.8) is 0 Å². The van der Waals surface area contributed by atoms with Gasteiger partial charge in [0, 0.05) is 17.1 Å². The molecule has 3 rings (SSSR count). The summed E-state index contributed by atoms with van der Waals surface area (Å²) in [4.78, 5) is 12.7. The van der Waals surface area contributed by atoms with Gasteiger partial charge in [-0.3, -0.25) is 4.79 Å². The molecule has 124 valence electrons. The summed E-state index contributed by atoms with van der Waals surface area (Å²) < 4.78 is 11.4. The number of methoxy groups -OCH3 is 1. The van der Waals surface area contributed by atoms with Gasteiger partial charge in [0.1, 0.15) is 22.8 Å². The van der Waals surface area contributed by atoms with E-state index in [1.54, 1.807) is 7.11 Å². The molecule has 3 heteroatoms. The van der Waals surface area contributed by atoms with Crippen molar-refractivity contribution >= 4 is 17.4 Å². The molecule has 24 heavy (non-hydrogen) atoms. The van der Waals surface area contributed by atoms with Crippen LogP contribution in [-0.4, -0.2) is 7.11 Å². The Morgan fingerprint density at radius 2 is 2.00 bits per heavy atom. The zero-order chi connectivity index (χ0) is 17.3. The van der Waals surface area contributed by atoms with E-state index in [0.717, 1.165) is 5.57 Å². The van der Waals surface area contributed by atoms with Crippen LogP contribution in [0.1, 0.15) is 37.9 Å². The van der Waals surface area contributed by atoms with Crippen LogP contribution in [0.4, 0.5) is 0 Å². The van der Waals surface area contributed by atoms with Gasteiger partial charge in [-0.1, -0.05) is 57.2 Å². The Bertz CT molecular complexity index is 858. The highest BCUT2D eigenvalue weighted by Gasteiger charge is 2.20. The topological polar surface area (TPSA) is 39.4 Å². The molecule has 1 aromatic rings. The molecule has 0 spiro atoms. The number of ether oxygens (including phenoxy) is 1. The van der Waals surface area contributed by atoms with E-state index >= 15 is 0 Å². The first-order valence-electron chi connectivity index (χ1n) is 8.11. The molecule has 0 saturated carbocycles. The van der Waals surface area contributed by atoms with E-state index in [2.05, 4.69) is 26.0 Å². The Labute approximate surface area is 142 Å². The van der Waals surface area contributed by atoms with E-state index in [4.69, 9.17) is 9.15 Å². The first-order chi connectivity index (χ1) is 11.4. The molecule has 2 aliphatic rings. The Balaban J connectivity index is 2.13. The van der Waals surface area contributed by atoms with Gasteiger partial charge in [0.25, 0.3) is 0 Å². The second kappa shape index (κ2) is 6.16. The lowest BCUT2D eigenvalue weighted by Gasteiger charge is -2.12. The Morgan fingerprint density at radius 1 is 1.21 bits per heavy atom. The summed E-state index contributed by atoms with van der Waals surface area (Å²) in [7, 11) is 1.57. The van der Waals surface area contributed by atoms with Crippen LogP contribution in [0, 0.1) is 11.3 Å². The third-order valence-corrected chi connectivity index (χ3v) is 4.19. The van der Waals surface area contributed by atoms with E-state index in [-0.39, 0.29) is 16.8 Å².